The van der Waals surface area contributed by atoms with E-state index < -0.39 is 0 Å². The number of carbonyl (C=O) groups excluding carboxylic acids is 1. The van der Waals surface area contributed by atoms with E-state index in [9.17, 15) is 4.79 Å². The van der Waals surface area contributed by atoms with E-state index in [0.29, 0.717) is 19.1 Å². The Bertz CT molecular complexity index is 420. The summed E-state index contributed by atoms with van der Waals surface area (Å²) in [5.41, 5.74) is 1.12. The Balaban J connectivity index is 2.82. The lowest BCUT2D eigenvalue weighted by Crippen LogP contribution is -2.38. The van der Waals surface area contributed by atoms with Gasteiger partial charge in [-0.3, -0.25) is 4.79 Å². The summed E-state index contributed by atoms with van der Waals surface area (Å²) in [7, 11) is 0. The number of rotatable bonds is 8. The number of anilines is 1. The van der Waals surface area contributed by atoms with Crippen LogP contribution in [-0.2, 0) is 11.3 Å². The van der Waals surface area contributed by atoms with Gasteiger partial charge in [0, 0.05) is 37.4 Å². The van der Waals surface area contributed by atoms with Crippen LogP contribution in [0.5, 0.6) is 0 Å². The summed E-state index contributed by atoms with van der Waals surface area (Å²) in [6.07, 6.45) is 1.77. The van der Waals surface area contributed by atoms with Crippen LogP contribution in [0.15, 0.2) is 18.3 Å². The van der Waals surface area contributed by atoms with Crippen molar-refractivity contribution in [3.8, 4) is 0 Å². The van der Waals surface area contributed by atoms with Crippen LogP contribution in [0.4, 0.5) is 5.82 Å². The number of amides is 1. The maximum absolute atomic E-state index is 11.8. The zero-order valence-electron chi connectivity index (χ0n) is 12.9. The van der Waals surface area contributed by atoms with Gasteiger partial charge in [-0.2, -0.15) is 0 Å². The fourth-order valence-electron chi connectivity index (χ4n) is 1.93. The van der Waals surface area contributed by atoms with Crippen LogP contribution in [0.25, 0.3) is 0 Å². The molecule has 0 fully saturated rings. The van der Waals surface area contributed by atoms with Crippen LogP contribution in [0.1, 0.15) is 33.3 Å². The molecule has 5 nitrogen and oxygen atoms in total. The van der Waals surface area contributed by atoms with Crippen molar-refractivity contribution in [3.63, 3.8) is 0 Å². The van der Waals surface area contributed by atoms with E-state index in [-0.39, 0.29) is 5.91 Å². The SMILES string of the molecule is CCNC(=O)CN(CC)c1ncccc1CNC(C)C. The van der Waals surface area contributed by atoms with Gasteiger partial charge in [0.05, 0.1) is 6.54 Å². The van der Waals surface area contributed by atoms with Crippen molar-refractivity contribution < 1.29 is 4.79 Å². The number of pyridine rings is 1. The molecule has 1 rings (SSSR count). The summed E-state index contributed by atoms with van der Waals surface area (Å²) < 4.78 is 0. The number of hydrogen-bond acceptors (Lipinski definition) is 4. The second-order valence-electron chi connectivity index (χ2n) is 4.99. The highest BCUT2D eigenvalue weighted by Gasteiger charge is 2.14. The van der Waals surface area contributed by atoms with Crippen LogP contribution in [0.3, 0.4) is 0 Å². The molecule has 1 aromatic heterocycles. The van der Waals surface area contributed by atoms with E-state index in [1.807, 2.05) is 24.8 Å². The molecule has 1 amide bonds. The topological polar surface area (TPSA) is 57.3 Å². The normalized spacial score (nSPS) is 10.7. The number of carbonyl (C=O) groups is 1. The smallest absolute Gasteiger partial charge is 0.239 e. The first kappa shape index (κ1) is 16.4. The Morgan fingerprint density at radius 3 is 2.75 bits per heavy atom. The van der Waals surface area contributed by atoms with Crippen molar-refractivity contribution in [2.75, 3.05) is 24.5 Å². The standard InChI is InChI=1S/C15H26N4O/c1-5-16-14(20)11-19(6-2)15-13(8-7-9-17-15)10-18-12(3)4/h7-9,12,18H,5-6,10-11H2,1-4H3,(H,16,20). The van der Waals surface area contributed by atoms with Crippen molar-refractivity contribution in [1.29, 1.82) is 0 Å². The molecule has 0 bridgehead atoms. The molecule has 0 saturated heterocycles. The van der Waals surface area contributed by atoms with Crippen LogP contribution >= 0.6 is 0 Å². The van der Waals surface area contributed by atoms with Crippen molar-refractivity contribution >= 4 is 11.7 Å². The fraction of sp³-hybridized carbons (Fsp3) is 0.600. The van der Waals surface area contributed by atoms with Crippen molar-refractivity contribution in [3.05, 3.63) is 23.9 Å². The Morgan fingerprint density at radius 2 is 2.15 bits per heavy atom. The van der Waals surface area contributed by atoms with Gasteiger partial charge in [0.15, 0.2) is 0 Å². The average molecular weight is 278 g/mol. The van der Waals surface area contributed by atoms with Gasteiger partial charge in [0.2, 0.25) is 5.91 Å². The second-order valence-corrected chi connectivity index (χ2v) is 4.99. The quantitative estimate of drug-likeness (QED) is 0.757. The van der Waals surface area contributed by atoms with E-state index >= 15 is 0 Å². The van der Waals surface area contributed by atoms with E-state index in [4.69, 9.17) is 0 Å². The first-order valence-electron chi connectivity index (χ1n) is 7.27. The Kier molecular flexibility index (Phi) is 7.01. The lowest BCUT2D eigenvalue weighted by Gasteiger charge is -2.24. The highest BCUT2D eigenvalue weighted by molar-refractivity contribution is 5.81. The zero-order valence-corrected chi connectivity index (χ0v) is 12.9. The van der Waals surface area contributed by atoms with Crippen LogP contribution in [0.2, 0.25) is 0 Å². The molecule has 0 spiro atoms. The summed E-state index contributed by atoms with van der Waals surface area (Å²) in [4.78, 5) is 18.2. The molecule has 1 aromatic rings. The largest absolute Gasteiger partial charge is 0.355 e. The number of hydrogen-bond donors (Lipinski definition) is 2. The van der Waals surface area contributed by atoms with Crippen LogP contribution in [0, 0.1) is 0 Å². The molecule has 0 atom stereocenters. The van der Waals surface area contributed by atoms with Gasteiger partial charge in [-0.1, -0.05) is 19.9 Å². The van der Waals surface area contributed by atoms with Crippen molar-refractivity contribution in [2.45, 2.75) is 40.3 Å². The Hall–Kier alpha value is -1.62. The number of nitrogens with one attached hydrogen (secondary N) is 2. The summed E-state index contributed by atoms with van der Waals surface area (Å²) in [5.74, 6) is 0.914. The van der Waals surface area contributed by atoms with Gasteiger partial charge in [0.1, 0.15) is 5.82 Å². The molecule has 0 aliphatic carbocycles. The molecule has 20 heavy (non-hydrogen) atoms. The van der Waals surface area contributed by atoms with E-state index in [2.05, 4.69) is 35.5 Å². The Morgan fingerprint density at radius 1 is 1.40 bits per heavy atom. The Labute approximate surface area is 121 Å². The van der Waals surface area contributed by atoms with Gasteiger partial charge in [-0.25, -0.2) is 4.98 Å². The molecule has 0 unspecified atom stereocenters. The lowest BCUT2D eigenvalue weighted by atomic mass is 10.2. The minimum Gasteiger partial charge on any atom is -0.355 e. The highest BCUT2D eigenvalue weighted by atomic mass is 16.2. The maximum Gasteiger partial charge on any atom is 0.239 e. The minimum atomic E-state index is 0.0303. The van der Waals surface area contributed by atoms with Crippen LogP contribution in [-0.4, -0.2) is 36.6 Å². The molecular formula is C15H26N4O. The molecular weight excluding hydrogens is 252 g/mol. The molecule has 1 heterocycles. The van der Waals surface area contributed by atoms with Gasteiger partial charge >= 0.3 is 0 Å². The third-order valence-electron chi connectivity index (χ3n) is 2.96. The average Bonchev–Trinajstić information content (AvgIpc) is 2.43. The first-order chi connectivity index (χ1) is 9.58. The van der Waals surface area contributed by atoms with E-state index in [1.54, 1.807) is 6.20 Å². The molecule has 5 heteroatoms. The fourth-order valence-corrected chi connectivity index (χ4v) is 1.93. The minimum absolute atomic E-state index is 0.0303. The summed E-state index contributed by atoms with van der Waals surface area (Å²) in [6.45, 7) is 10.7. The van der Waals surface area contributed by atoms with Gasteiger partial charge < -0.3 is 15.5 Å². The van der Waals surface area contributed by atoms with Gasteiger partial charge in [-0.15, -0.1) is 0 Å². The predicted octanol–water partition coefficient (Wildman–Crippen LogP) is 1.54. The molecule has 0 aliphatic heterocycles. The molecule has 0 saturated carbocycles. The van der Waals surface area contributed by atoms with E-state index in [0.717, 1.165) is 24.5 Å². The summed E-state index contributed by atoms with van der Waals surface area (Å²) in [5, 5.41) is 6.22. The molecule has 0 radical (unpaired) electrons. The number of nitrogens with zero attached hydrogens (tertiary/aromatic N) is 2. The second kappa shape index (κ2) is 8.53. The molecule has 2 N–H and O–H groups in total. The first-order valence-corrected chi connectivity index (χ1v) is 7.27. The predicted molar refractivity (Wildman–Crippen MR) is 82.8 cm³/mol. The van der Waals surface area contributed by atoms with Gasteiger partial charge in [0.25, 0.3) is 0 Å². The molecule has 0 aromatic carbocycles. The summed E-state index contributed by atoms with van der Waals surface area (Å²) >= 11 is 0. The summed E-state index contributed by atoms with van der Waals surface area (Å²) in [6, 6.07) is 4.40. The maximum atomic E-state index is 11.8. The third kappa shape index (κ3) is 5.17. The van der Waals surface area contributed by atoms with Crippen molar-refractivity contribution in [2.24, 2.45) is 0 Å². The third-order valence-corrected chi connectivity index (χ3v) is 2.96. The van der Waals surface area contributed by atoms with Crippen LogP contribution < -0.4 is 15.5 Å². The number of aromatic nitrogens is 1. The van der Waals surface area contributed by atoms with E-state index in [1.165, 1.54) is 0 Å². The lowest BCUT2D eigenvalue weighted by molar-refractivity contribution is -0.119. The van der Waals surface area contributed by atoms with Gasteiger partial charge in [-0.05, 0) is 19.9 Å². The zero-order chi connectivity index (χ0) is 15.0. The molecule has 0 aliphatic rings. The highest BCUT2D eigenvalue weighted by Crippen LogP contribution is 2.16. The van der Waals surface area contributed by atoms with Crippen molar-refractivity contribution in [1.82, 2.24) is 15.6 Å². The molecule has 112 valence electrons. The number of likely N-dealkylation sites (N-methyl/N-ethyl adjacent to an activating group) is 2. The monoisotopic (exact) mass is 278 g/mol.